The van der Waals surface area contributed by atoms with Crippen molar-refractivity contribution in [3.63, 3.8) is 0 Å². The van der Waals surface area contributed by atoms with Gasteiger partial charge < -0.3 is 19.9 Å². The highest BCUT2D eigenvalue weighted by molar-refractivity contribution is 7.81. The standard InChI is InChI=1S/C23H27FN4O4S/c1-13(2)9-27-10-14(3)28-22(32)18-20(30)19(29)17(11-26(18)12-23(27,28)33)21(31)25-8-15-4-6-16(24)7-5-15/h4-7,11,13-14,30,33H,8-10,12H2,1-3H3,(H,25,31)/t14-,23?/m1/s1. The van der Waals surface area contributed by atoms with Gasteiger partial charge in [-0.1, -0.05) is 26.0 Å². The van der Waals surface area contributed by atoms with Gasteiger partial charge >= 0.3 is 0 Å². The Labute approximate surface area is 196 Å². The Balaban J connectivity index is 1.67. The Bertz CT molecular complexity index is 1170. The number of nitrogens with zero attached hydrogens (tertiary/aromatic N) is 3. The first-order valence-electron chi connectivity index (χ1n) is 10.8. The number of carbonyl (C=O) groups excluding carboxylic acids is 2. The van der Waals surface area contributed by atoms with Gasteiger partial charge in [0.1, 0.15) is 11.4 Å². The summed E-state index contributed by atoms with van der Waals surface area (Å²) < 4.78 is 14.5. The summed E-state index contributed by atoms with van der Waals surface area (Å²) in [6.45, 7) is 7.64. The third-order valence-corrected chi connectivity index (χ3v) is 6.71. The summed E-state index contributed by atoms with van der Waals surface area (Å²) in [6.07, 6.45) is 1.31. The van der Waals surface area contributed by atoms with Crippen LogP contribution < -0.4 is 10.7 Å². The molecular formula is C23H27FN4O4S. The number of hydrogen-bond acceptors (Lipinski definition) is 6. The highest BCUT2D eigenvalue weighted by Crippen LogP contribution is 2.41. The van der Waals surface area contributed by atoms with Crippen molar-refractivity contribution >= 4 is 24.4 Å². The number of carbonyl (C=O) groups is 2. The van der Waals surface area contributed by atoms with E-state index < -0.39 is 33.8 Å². The summed E-state index contributed by atoms with van der Waals surface area (Å²) in [7, 11) is 0. The monoisotopic (exact) mass is 474 g/mol. The number of thiol groups is 1. The van der Waals surface area contributed by atoms with Gasteiger partial charge in [-0.05, 0) is 30.5 Å². The Morgan fingerprint density at radius 2 is 1.97 bits per heavy atom. The van der Waals surface area contributed by atoms with Crippen LogP contribution in [-0.2, 0) is 13.1 Å². The van der Waals surface area contributed by atoms with Crippen LogP contribution >= 0.6 is 12.6 Å². The highest BCUT2D eigenvalue weighted by atomic mass is 32.1. The molecule has 0 saturated carbocycles. The van der Waals surface area contributed by atoms with E-state index in [1.807, 2.05) is 6.92 Å². The fourth-order valence-electron chi connectivity index (χ4n) is 4.64. The van der Waals surface area contributed by atoms with Crippen LogP contribution in [0.3, 0.4) is 0 Å². The second kappa shape index (κ2) is 8.49. The fourth-order valence-corrected chi connectivity index (χ4v) is 5.24. The average molecular weight is 475 g/mol. The second-order valence-electron chi connectivity index (χ2n) is 9.10. The maximum absolute atomic E-state index is 13.3. The quantitative estimate of drug-likeness (QED) is 0.577. The van der Waals surface area contributed by atoms with Crippen molar-refractivity contribution in [1.29, 1.82) is 0 Å². The SMILES string of the molecule is CC(C)CN1C[C@@H](C)N2C(=O)c3c(O)c(=O)c(C(=O)NCc4ccc(F)cc4)cn3CC12S. The molecule has 176 valence electrons. The number of halogens is 1. The lowest BCUT2D eigenvalue weighted by molar-refractivity contribution is 0.0318. The summed E-state index contributed by atoms with van der Waals surface area (Å²) in [4.78, 5) is 41.6. The molecule has 0 spiro atoms. The topological polar surface area (TPSA) is 94.9 Å². The fraction of sp³-hybridized carbons (Fsp3) is 0.435. The molecule has 1 aromatic carbocycles. The van der Waals surface area contributed by atoms with Gasteiger partial charge in [0.2, 0.25) is 5.43 Å². The lowest BCUT2D eigenvalue weighted by atomic mass is 10.1. The van der Waals surface area contributed by atoms with Crippen LogP contribution in [0.25, 0.3) is 0 Å². The molecule has 2 atom stereocenters. The van der Waals surface area contributed by atoms with E-state index in [9.17, 15) is 23.9 Å². The molecule has 0 aliphatic carbocycles. The van der Waals surface area contributed by atoms with Crippen LogP contribution in [0.15, 0.2) is 35.3 Å². The summed E-state index contributed by atoms with van der Waals surface area (Å²) in [5.41, 5.74) is -0.684. The van der Waals surface area contributed by atoms with Crippen molar-refractivity contribution in [2.45, 2.75) is 44.9 Å². The number of fused-ring (bicyclic) bond motifs is 2. The minimum absolute atomic E-state index is 0.0734. The number of pyridine rings is 1. The summed E-state index contributed by atoms with van der Waals surface area (Å²) in [5.74, 6) is -2.00. The predicted molar refractivity (Wildman–Crippen MR) is 124 cm³/mol. The molecule has 2 aromatic rings. The number of aromatic hydroxyl groups is 1. The van der Waals surface area contributed by atoms with E-state index in [2.05, 4.69) is 24.1 Å². The van der Waals surface area contributed by atoms with E-state index in [-0.39, 0.29) is 30.4 Å². The third kappa shape index (κ3) is 4.02. The molecule has 2 amide bonds. The molecule has 2 aliphatic rings. The van der Waals surface area contributed by atoms with Gasteiger partial charge in [-0.3, -0.25) is 19.3 Å². The molecule has 1 aromatic heterocycles. The first kappa shape index (κ1) is 23.3. The molecule has 0 bridgehead atoms. The second-order valence-corrected chi connectivity index (χ2v) is 9.82. The number of benzene rings is 1. The molecule has 1 fully saturated rings. The molecule has 3 heterocycles. The average Bonchev–Trinajstić information content (AvgIpc) is 2.98. The van der Waals surface area contributed by atoms with Crippen molar-refractivity contribution in [2.75, 3.05) is 13.1 Å². The number of hydrogen-bond donors (Lipinski definition) is 3. The predicted octanol–water partition coefficient (Wildman–Crippen LogP) is 2.02. The minimum Gasteiger partial charge on any atom is -0.503 e. The van der Waals surface area contributed by atoms with E-state index >= 15 is 0 Å². The summed E-state index contributed by atoms with van der Waals surface area (Å²) >= 11 is 4.88. The number of aromatic nitrogens is 1. The number of amides is 2. The van der Waals surface area contributed by atoms with Crippen molar-refractivity contribution in [1.82, 2.24) is 19.7 Å². The van der Waals surface area contributed by atoms with Gasteiger partial charge in [0.15, 0.2) is 16.4 Å². The van der Waals surface area contributed by atoms with E-state index in [1.54, 1.807) is 4.90 Å². The Kier molecular flexibility index (Phi) is 6.00. The normalized spacial score (nSPS) is 22.4. The molecule has 0 radical (unpaired) electrons. The number of rotatable bonds is 5. The lowest BCUT2D eigenvalue weighted by Crippen LogP contribution is -2.59. The lowest BCUT2D eigenvalue weighted by Gasteiger charge is -2.45. The van der Waals surface area contributed by atoms with E-state index in [4.69, 9.17) is 12.6 Å². The van der Waals surface area contributed by atoms with Gasteiger partial charge in [-0.25, -0.2) is 4.39 Å². The summed E-state index contributed by atoms with van der Waals surface area (Å²) in [6, 6.07) is 5.44. The van der Waals surface area contributed by atoms with Crippen molar-refractivity contribution in [2.24, 2.45) is 5.92 Å². The van der Waals surface area contributed by atoms with Crippen molar-refractivity contribution < 1.29 is 19.1 Å². The van der Waals surface area contributed by atoms with Gasteiger partial charge in [0, 0.05) is 31.9 Å². The Morgan fingerprint density at radius 1 is 1.30 bits per heavy atom. The van der Waals surface area contributed by atoms with Crippen LogP contribution in [0.4, 0.5) is 4.39 Å². The smallest absolute Gasteiger partial charge is 0.276 e. The molecule has 1 saturated heterocycles. The zero-order valence-electron chi connectivity index (χ0n) is 18.7. The molecule has 8 nitrogen and oxygen atoms in total. The van der Waals surface area contributed by atoms with Gasteiger partial charge in [0.05, 0.1) is 6.54 Å². The maximum atomic E-state index is 13.3. The summed E-state index contributed by atoms with van der Waals surface area (Å²) in [5, 5.41) is 13.2. The number of nitrogens with one attached hydrogen (secondary N) is 1. The first-order chi connectivity index (χ1) is 15.5. The van der Waals surface area contributed by atoms with Crippen LogP contribution in [0.2, 0.25) is 0 Å². The molecule has 1 unspecified atom stereocenters. The van der Waals surface area contributed by atoms with Crippen LogP contribution in [0.5, 0.6) is 5.75 Å². The van der Waals surface area contributed by atoms with E-state index in [1.165, 1.54) is 35.0 Å². The van der Waals surface area contributed by atoms with Crippen LogP contribution in [-0.4, -0.2) is 55.4 Å². The van der Waals surface area contributed by atoms with Gasteiger partial charge in [-0.2, -0.15) is 0 Å². The van der Waals surface area contributed by atoms with Crippen LogP contribution in [0, 0.1) is 11.7 Å². The van der Waals surface area contributed by atoms with E-state index in [0.29, 0.717) is 24.6 Å². The minimum atomic E-state index is -0.947. The zero-order chi connectivity index (χ0) is 24.1. The molecule has 2 aliphatic heterocycles. The molecule has 4 rings (SSSR count). The first-order valence-corrected chi connectivity index (χ1v) is 11.3. The molecule has 2 N–H and O–H groups in total. The Morgan fingerprint density at radius 3 is 2.61 bits per heavy atom. The van der Waals surface area contributed by atoms with Gasteiger partial charge in [0.25, 0.3) is 11.8 Å². The van der Waals surface area contributed by atoms with Crippen molar-refractivity contribution in [3.8, 4) is 5.75 Å². The van der Waals surface area contributed by atoms with Crippen LogP contribution in [0.1, 0.15) is 47.2 Å². The van der Waals surface area contributed by atoms with Crippen molar-refractivity contribution in [3.05, 3.63) is 63.3 Å². The molecule has 33 heavy (non-hydrogen) atoms. The molecule has 10 heteroatoms. The molecular weight excluding hydrogens is 447 g/mol. The van der Waals surface area contributed by atoms with E-state index in [0.717, 1.165) is 0 Å². The largest absolute Gasteiger partial charge is 0.503 e. The van der Waals surface area contributed by atoms with Gasteiger partial charge in [-0.15, -0.1) is 12.6 Å². The zero-order valence-corrected chi connectivity index (χ0v) is 19.6. The highest BCUT2D eigenvalue weighted by Gasteiger charge is 2.54. The third-order valence-electron chi connectivity index (χ3n) is 6.07. The maximum Gasteiger partial charge on any atom is 0.276 e. The Hall–Kier alpha value is -2.85.